The van der Waals surface area contributed by atoms with Gasteiger partial charge in [-0.2, -0.15) is 0 Å². The Morgan fingerprint density at radius 2 is 2.18 bits per heavy atom. The van der Waals surface area contributed by atoms with Crippen LogP contribution in [0.15, 0.2) is 42.6 Å². The Kier molecular flexibility index (Phi) is 3.86. The van der Waals surface area contributed by atoms with Gasteiger partial charge in [-0.25, -0.2) is 0 Å². The Morgan fingerprint density at radius 3 is 2.55 bits per heavy atom. The van der Waals surface area contributed by atoms with Crippen molar-refractivity contribution in [3.05, 3.63) is 42.6 Å². The zero-order chi connectivity index (χ0) is 8.85. The van der Waals surface area contributed by atoms with Crippen LogP contribution in [0.4, 0.5) is 0 Å². The van der Waals surface area contributed by atoms with Crippen LogP contribution in [-0.4, -0.2) is 11.9 Å². The first-order valence-electron chi connectivity index (χ1n) is 3.30. The summed E-state index contributed by atoms with van der Waals surface area (Å²) in [5.41, 5.74) is 9.57. The van der Waals surface area contributed by atoms with Gasteiger partial charge in [-0.1, -0.05) is 13.2 Å². The van der Waals surface area contributed by atoms with Crippen molar-refractivity contribution in [3.63, 3.8) is 0 Å². The Hall–Kier alpha value is -1.40. The molecule has 60 valence electrons. The molecule has 0 saturated heterocycles. The molecule has 0 aliphatic carbocycles. The third kappa shape index (κ3) is 4.06. The number of hydrogen-bond donors (Lipinski definition) is 1. The second-order valence-corrected chi connectivity index (χ2v) is 2.26. The van der Waals surface area contributed by atoms with Crippen molar-refractivity contribution in [2.24, 2.45) is 5.73 Å². The van der Waals surface area contributed by atoms with Gasteiger partial charge in [-0.3, -0.25) is 0 Å². The number of rotatable bonds is 3. The van der Waals surface area contributed by atoms with E-state index in [4.69, 9.17) is 5.73 Å². The van der Waals surface area contributed by atoms with E-state index in [0.717, 1.165) is 5.70 Å². The van der Waals surface area contributed by atoms with Gasteiger partial charge in [0.15, 0.2) is 0 Å². The molecule has 0 aromatic carbocycles. The number of nitrogens with two attached hydrogens (primary N) is 1. The van der Waals surface area contributed by atoms with E-state index in [2.05, 4.69) is 18.9 Å². The van der Waals surface area contributed by atoms with Gasteiger partial charge in [0.05, 0.1) is 5.70 Å². The number of allylic oxidation sites excluding steroid dienone is 2. The van der Waals surface area contributed by atoms with Crippen molar-refractivity contribution >= 4 is 0 Å². The minimum absolute atomic E-state index is 0.536. The fourth-order valence-corrected chi connectivity index (χ4v) is 0.444. The fourth-order valence-electron chi connectivity index (χ4n) is 0.444. The first kappa shape index (κ1) is 9.60. The zero-order valence-electron chi connectivity index (χ0n) is 7.09. The first-order valence-corrected chi connectivity index (χ1v) is 3.30. The Labute approximate surface area is 68.0 Å². The summed E-state index contributed by atoms with van der Waals surface area (Å²) in [6.07, 6.45) is 3.54. The van der Waals surface area contributed by atoms with Gasteiger partial charge in [-0.05, 0) is 13.0 Å². The van der Waals surface area contributed by atoms with E-state index in [1.807, 2.05) is 25.1 Å². The molecule has 0 heterocycles. The highest BCUT2D eigenvalue weighted by Crippen LogP contribution is 1.97. The van der Waals surface area contributed by atoms with Gasteiger partial charge in [0.25, 0.3) is 0 Å². The second-order valence-electron chi connectivity index (χ2n) is 2.26. The fraction of sp³-hybridized carbons (Fsp3) is 0.222. The van der Waals surface area contributed by atoms with Crippen molar-refractivity contribution in [1.29, 1.82) is 0 Å². The first-order chi connectivity index (χ1) is 5.07. The van der Waals surface area contributed by atoms with Gasteiger partial charge in [0.2, 0.25) is 0 Å². The van der Waals surface area contributed by atoms with E-state index in [0.29, 0.717) is 5.70 Å². The van der Waals surface area contributed by atoms with Crippen LogP contribution in [0.3, 0.4) is 0 Å². The summed E-state index contributed by atoms with van der Waals surface area (Å²) >= 11 is 0. The maximum atomic E-state index is 5.33. The number of hydrogen-bond acceptors (Lipinski definition) is 2. The van der Waals surface area contributed by atoms with Crippen LogP contribution < -0.4 is 5.73 Å². The van der Waals surface area contributed by atoms with E-state index in [-0.39, 0.29) is 0 Å². The van der Waals surface area contributed by atoms with E-state index < -0.39 is 0 Å². The number of nitrogens with zero attached hydrogens (tertiary/aromatic N) is 1. The molecule has 0 aromatic heterocycles. The predicted molar refractivity (Wildman–Crippen MR) is 48.6 cm³/mol. The molecule has 0 bridgehead atoms. The molecule has 2 nitrogen and oxygen atoms in total. The lowest BCUT2D eigenvalue weighted by molar-refractivity contribution is 0.571. The van der Waals surface area contributed by atoms with Crippen LogP contribution in [0.2, 0.25) is 0 Å². The SMILES string of the molecule is C=C=C(C)N(C)/C=C\C(=C)N. The van der Waals surface area contributed by atoms with Crippen molar-refractivity contribution in [2.45, 2.75) is 6.92 Å². The monoisotopic (exact) mass is 150 g/mol. The molecular weight excluding hydrogens is 136 g/mol. The highest BCUT2D eigenvalue weighted by atomic mass is 15.1. The van der Waals surface area contributed by atoms with Gasteiger partial charge in [0, 0.05) is 18.9 Å². The quantitative estimate of drug-likeness (QED) is 0.489. The second kappa shape index (κ2) is 4.42. The Balaban J connectivity index is 4.18. The molecule has 0 saturated carbocycles. The molecule has 11 heavy (non-hydrogen) atoms. The molecule has 2 heteroatoms. The highest BCUT2D eigenvalue weighted by Gasteiger charge is 1.89. The molecule has 0 rings (SSSR count). The molecule has 0 aromatic rings. The summed E-state index contributed by atoms with van der Waals surface area (Å²) in [5.74, 6) is 0. The minimum Gasteiger partial charge on any atom is -0.399 e. The third-order valence-electron chi connectivity index (χ3n) is 1.30. The molecule has 0 radical (unpaired) electrons. The largest absolute Gasteiger partial charge is 0.399 e. The van der Waals surface area contributed by atoms with Crippen molar-refractivity contribution in [2.75, 3.05) is 7.05 Å². The van der Waals surface area contributed by atoms with Crippen molar-refractivity contribution in [3.8, 4) is 0 Å². The lowest BCUT2D eigenvalue weighted by Crippen LogP contribution is -2.06. The topological polar surface area (TPSA) is 29.3 Å². The normalized spacial score (nSPS) is 9.27. The molecule has 0 aliphatic heterocycles. The summed E-state index contributed by atoms with van der Waals surface area (Å²) in [6, 6.07) is 0. The summed E-state index contributed by atoms with van der Waals surface area (Å²) < 4.78 is 0. The maximum absolute atomic E-state index is 5.33. The maximum Gasteiger partial charge on any atom is 0.0563 e. The molecule has 0 unspecified atom stereocenters. The third-order valence-corrected chi connectivity index (χ3v) is 1.30. The molecule has 0 aliphatic rings. The van der Waals surface area contributed by atoms with Gasteiger partial charge >= 0.3 is 0 Å². The van der Waals surface area contributed by atoms with E-state index in [1.165, 1.54) is 0 Å². The summed E-state index contributed by atoms with van der Waals surface area (Å²) in [5, 5.41) is 0. The standard InChI is InChI=1S/C9H14N2/c1-5-9(3)11(4)7-6-8(2)10/h6-7H,1-2,10H2,3-4H3/b7-6-. The molecule has 0 fully saturated rings. The van der Waals surface area contributed by atoms with Gasteiger partial charge in [0.1, 0.15) is 0 Å². The van der Waals surface area contributed by atoms with Gasteiger partial charge < -0.3 is 10.6 Å². The lowest BCUT2D eigenvalue weighted by atomic mass is 10.4. The van der Waals surface area contributed by atoms with Gasteiger partial charge in [-0.15, -0.1) is 5.73 Å². The van der Waals surface area contributed by atoms with E-state index >= 15 is 0 Å². The summed E-state index contributed by atoms with van der Waals surface area (Å²) in [6.45, 7) is 8.96. The van der Waals surface area contributed by atoms with Crippen LogP contribution in [0.5, 0.6) is 0 Å². The van der Waals surface area contributed by atoms with Crippen LogP contribution in [0.1, 0.15) is 6.92 Å². The van der Waals surface area contributed by atoms with Crippen LogP contribution in [0, 0.1) is 0 Å². The van der Waals surface area contributed by atoms with Crippen molar-refractivity contribution < 1.29 is 0 Å². The average Bonchev–Trinajstić information content (AvgIpc) is 1.98. The van der Waals surface area contributed by atoms with E-state index in [9.17, 15) is 0 Å². The Bertz CT molecular complexity index is 220. The van der Waals surface area contributed by atoms with E-state index in [1.54, 1.807) is 6.08 Å². The molecule has 0 amide bonds. The molecule has 2 N–H and O–H groups in total. The average molecular weight is 150 g/mol. The lowest BCUT2D eigenvalue weighted by Gasteiger charge is -2.11. The molecular formula is C9H14N2. The van der Waals surface area contributed by atoms with Crippen LogP contribution >= 0.6 is 0 Å². The Morgan fingerprint density at radius 1 is 1.64 bits per heavy atom. The predicted octanol–water partition coefficient (Wildman–Crippen LogP) is 1.59. The molecule has 0 spiro atoms. The van der Waals surface area contributed by atoms with Crippen LogP contribution in [0.25, 0.3) is 0 Å². The molecule has 0 atom stereocenters. The van der Waals surface area contributed by atoms with Crippen LogP contribution in [-0.2, 0) is 0 Å². The zero-order valence-corrected chi connectivity index (χ0v) is 7.09. The highest BCUT2D eigenvalue weighted by molar-refractivity contribution is 5.11. The van der Waals surface area contributed by atoms with Crippen molar-refractivity contribution in [1.82, 2.24) is 4.90 Å². The smallest absolute Gasteiger partial charge is 0.0563 e. The minimum atomic E-state index is 0.536. The summed E-state index contributed by atoms with van der Waals surface area (Å²) in [4.78, 5) is 1.87. The summed E-state index contributed by atoms with van der Waals surface area (Å²) in [7, 11) is 1.90.